The first-order valence-corrected chi connectivity index (χ1v) is 7.26. The number of fused-ring (bicyclic) bond motifs is 1. The molecule has 1 aliphatic rings. The van der Waals surface area contributed by atoms with E-state index in [0.29, 0.717) is 10.6 Å². The van der Waals surface area contributed by atoms with Gasteiger partial charge in [-0.3, -0.25) is 9.59 Å². The average molecular weight is 300 g/mol. The molecule has 3 rings (SSSR count). The highest BCUT2D eigenvalue weighted by Crippen LogP contribution is 2.34. The Morgan fingerprint density at radius 2 is 2.33 bits per heavy atom. The van der Waals surface area contributed by atoms with Crippen molar-refractivity contribution in [3.63, 3.8) is 0 Å². The van der Waals surface area contributed by atoms with Gasteiger partial charge >= 0.3 is 0 Å². The third-order valence-electron chi connectivity index (χ3n) is 3.30. The highest BCUT2D eigenvalue weighted by molar-refractivity contribution is 7.16. The van der Waals surface area contributed by atoms with Crippen molar-refractivity contribution in [2.75, 3.05) is 11.9 Å². The van der Waals surface area contributed by atoms with E-state index in [-0.39, 0.29) is 17.0 Å². The lowest BCUT2D eigenvalue weighted by Crippen LogP contribution is -2.22. The third-order valence-corrected chi connectivity index (χ3v) is 4.45. The van der Waals surface area contributed by atoms with Crippen LogP contribution in [0.2, 0.25) is 0 Å². The van der Waals surface area contributed by atoms with E-state index in [1.165, 1.54) is 29.7 Å². The first kappa shape index (κ1) is 13.5. The second-order valence-corrected chi connectivity index (χ2v) is 5.75. The number of rotatable bonds is 2. The number of aromatic nitrogens is 1. The summed E-state index contributed by atoms with van der Waals surface area (Å²) in [6.07, 6.45) is 2.21. The molecule has 0 unspecified atom stereocenters. The summed E-state index contributed by atoms with van der Waals surface area (Å²) in [7, 11) is 0. The molecule has 1 aliphatic heterocycles. The number of nitrogens with zero attached hydrogens (tertiary/aromatic N) is 1. The average Bonchev–Trinajstić information content (AvgIpc) is 2.84. The fourth-order valence-corrected chi connectivity index (χ4v) is 3.46. The highest BCUT2D eigenvalue weighted by Gasteiger charge is 2.21. The molecule has 2 aromatic heterocycles. The molecule has 2 aromatic rings. The van der Waals surface area contributed by atoms with Crippen LogP contribution in [0.15, 0.2) is 23.1 Å². The number of aromatic amines is 1. The Labute approximate surface area is 124 Å². The molecule has 1 amide bonds. The molecule has 3 N–H and O–H groups in total. The van der Waals surface area contributed by atoms with Gasteiger partial charge in [-0.1, -0.05) is 0 Å². The van der Waals surface area contributed by atoms with Gasteiger partial charge in [-0.25, -0.2) is 0 Å². The van der Waals surface area contributed by atoms with Gasteiger partial charge < -0.3 is 15.6 Å². The van der Waals surface area contributed by atoms with Crippen molar-refractivity contribution < 1.29 is 4.79 Å². The van der Waals surface area contributed by atoms with E-state index >= 15 is 0 Å². The lowest BCUT2D eigenvalue weighted by atomic mass is 10.1. The summed E-state index contributed by atoms with van der Waals surface area (Å²) < 4.78 is 0. The van der Waals surface area contributed by atoms with Gasteiger partial charge in [-0.05, 0) is 24.6 Å². The number of carbonyl (C=O) groups excluding carboxylic acids is 1. The molecule has 106 valence electrons. The van der Waals surface area contributed by atoms with Gasteiger partial charge in [-0.2, -0.15) is 5.26 Å². The highest BCUT2D eigenvalue weighted by atomic mass is 32.1. The van der Waals surface area contributed by atoms with E-state index in [2.05, 4.69) is 21.7 Å². The zero-order valence-corrected chi connectivity index (χ0v) is 11.8. The Hall–Kier alpha value is -2.43. The van der Waals surface area contributed by atoms with E-state index in [1.54, 1.807) is 0 Å². The van der Waals surface area contributed by atoms with Crippen molar-refractivity contribution in [1.82, 2.24) is 10.3 Å². The minimum atomic E-state index is -0.385. The monoisotopic (exact) mass is 300 g/mol. The lowest BCUT2D eigenvalue weighted by Gasteiger charge is -2.11. The first-order valence-electron chi connectivity index (χ1n) is 6.44. The maximum absolute atomic E-state index is 12.2. The summed E-state index contributed by atoms with van der Waals surface area (Å²) in [5.41, 5.74) is 1.49. The topological polar surface area (TPSA) is 97.8 Å². The molecule has 6 nitrogen and oxygen atoms in total. The zero-order valence-electron chi connectivity index (χ0n) is 11.0. The molecule has 0 fully saturated rings. The van der Waals surface area contributed by atoms with Gasteiger partial charge in [0.25, 0.3) is 5.91 Å². The predicted octanol–water partition coefficient (Wildman–Crippen LogP) is 1.21. The Bertz CT molecular complexity index is 800. The predicted molar refractivity (Wildman–Crippen MR) is 79.5 cm³/mol. The fourth-order valence-electron chi connectivity index (χ4n) is 2.30. The molecule has 0 aromatic carbocycles. The molecule has 0 saturated carbocycles. The smallest absolute Gasteiger partial charge is 0.256 e. The number of hydrogen-bond donors (Lipinski definition) is 3. The molecule has 0 aliphatic carbocycles. The molecular weight excluding hydrogens is 288 g/mol. The summed E-state index contributed by atoms with van der Waals surface area (Å²) >= 11 is 1.41. The first-order chi connectivity index (χ1) is 10.2. The van der Waals surface area contributed by atoms with Gasteiger partial charge in [0.05, 0.1) is 5.56 Å². The van der Waals surface area contributed by atoms with Crippen LogP contribution < -0.4 is 16.2 Å². The number of H-pyrrole nitrogens is 1. The van der Waals surface area contributed by atoms with Crippen LogP contribution in [0.4, 0.5) is 5.00 Å². The van der Waals surface area contributed by atoms with Crippen molar-refractivity contribution in [2.24, 2.45) is 0 Å². The number of anilines is 1. The van der Waals surface area contributed by atoms with E-state index in [9.17, 15) is 14.9 Å². The van der Waals surface area contributed by atoms with Crippen LogP contribution in [0.3, 0.4) is 0 Å². The number of thiophene rings is 1. The summed E-state index contributed by atoms with van der Waals surface area (Å²) in [5, 5.41) is 15.9. The van der Waals surface area contributed by atoms with Crippen LogP contribution in [0.1, 0.15) is 26.4 Å². The number of nitriles is 1. The summed E-state index contributed by atoms with van der Waals surface area (Å²) in [6, 6.07) is 4.93. The minimum Gasteiger partial charge on any atom is -0.329 e. The van der Waals surface area contributed by atoms with Gasteiger partial charge in [0.2, 0.25) is 5.56 Å². The molecular formula is C14H12N4O2S. The zero-order chi connectivity index (χ0) is 14.8. The number of amides is 1. The molecule has 0 spiro atoms. The molecule has 0 bridgehead atoms. The molecule has 7 heteroatoms. The van der Waals surface area contributed by atoms with Gasteiger partial charge in [0, 0.05) is 29.2 Å². The maximum Gasteiger partial charge on any atom is 0.256 e. The number of hydrogen-bond acceptors (Lipinski definition) is 5. The summed E-state index contributed by atoms with van der Waals surface area (Å²) in [5.74, 6) is -0.385. The van der Waals surface area contributed by atoms with Crippen molar-refractivity contribution in [1.29, 1.82) is 5.26 Å². The van der Waals surface area contributed by atoms with E-state index in [1.807, 2.05) is 0 Å². The number of nitrogens with one attached hydrogen (secondary N) is 3. The summed E-state index contributed by atoms with van der Waals surface area (Å²) in [4.78, 5) is 26.9. The van der Waals surface area contributed by atoms with Crippen LogP contribution >= 0.6 is 11.3 Å². The largest absolute Gasteiger partial charge is 0.329 e. The second kappa shape index (κ2) is 5.52. The van der Waals surface area contributed by atoms with Crippen LogP contribution in [0.25, 0.3) is 0 Å². The quantitative estimate of drug-likeness (QED) is 0.776. The maximum atomic E-state index is 12.2. The Balaban J connectivity index is 1.92. The number of carbonyl (C=O) groups is 1. The SMILES string of the molecule is N#Cc1c(NC(=O)c2cc[nH]c(=O)c2)sc2c1CCNC2. The van der Waals surface area contributed by atoms with E-state index in [4.69, 9.17) is 0 Å². The molecule has 21 heavy (non-hydrogen) atoms. The van der Waals surface area contributed by atoms with Crippen molar-refractivity contribution >= 4 is 22.2 Å². The summed E-state index contributed by atoms with van der Waals surface area (Å²) in [6.45, 7) is 1.55. The van der Waals surface area contributed by atoms with E-state index in [0.717, 1.165) is 30.0 Å². The Kier molecular flexibility index (Phi) is 3.56. The van der Waals surface area contributed by atoms with Crippen LogP contribution in [-0.2, 0) is 13.0 Å². The van der Waals surface area contributed by atoms with Crippen LogP contribution in [0.5, 0.6) is 0 Å². The normalized spacial score (nSPS) is 13.3. The fraction of sp³-hybridized carbons (Fsp3) is 0.214. The minimum absolute atomic E-state index is 0.270. The Morgan fingerprint density at radius 3 is 3.10 bits per heavy atom. The van der Waals surface area contributed by atoms with Crippen molar-refractivity contribution in [3.05, 3.63) is 50.3 Å². The standard InChI is InChI=1S/C14H12N4O2S/c15-6-10-9-2-3-16-7-11(9)21-14(10)18-13(20)8-1-4-17-12(19)5-8/h1,4-5,16H,2-3,7H2,(H,17,19)(H,18,20). The van der Waals surface area contributed by atoms with Gasteiger partial charge in [0.15, 0.2) is 0 Å². The van der Waals surface area contributed by atoms with E-state index < -0.39 is 0 Å². The van der Waals surface area contributed by atoms with Crippen LogP contribution in [-0.4, -0.2) is 17.4 Å². The molecule has 0 atom stereocenters. The molecule has 3 heterocycles. The lowest BCUT2D eigenvalue weighted by molar-refractivity contribution is 0.102. The third kappa shape index (κ3) is 2.59. The van der Waals surface area contributed by atoms with Crippen molar-refractivity contribution in [3.8, 4) is 6.07 Å². The molecule has 0 saturated heterocycles. The van der Waals surface area contributed by atoms with Gasteiger partial charge in [-0.15, -0.1) is 11.3 Å². The Morgan fingerprint density at radius 1 is 1.48 bits per heavy atom. The number of pyridine rings is 1. The van der Waals surface area contributed by atoms with Crippen LogP contribution in [0, 0.1) is 11.3 Å². The second-order valence-electron chi connectivity index (χ2n) is 4.64. The van der Waals surface area contributed by atoms with Gasteiger partial charge in [0.1, 0.15) is 11.1 Å². The van der Waals surface area contributed by atoms with Crippen molar-refractivity contribution in [2.45, 2.75) is 13.0 Å². The molecule has 0 radical (unpaired) electrons.